The highest BCUT2D eigenvalue weighted by molar-refractivity contribution is 6.28. The summed E-state index contributed by atoms with van der Waals surface area (Å²) in [4.78, 5) is 4.59. The lowest BCUT2D eigenvalue weighted by Gasteiger charge is -2.33. The highest BCUT2D eigenvalue weighted by Gasteiger charge is 2.31. The molecule has 0 atom stereocenters. The Bertz CT molecular complexity index is 8270. The molecule has 10 nitrogen and oxygen atoms in total. The predicted octanol–water partition coefficient (Wildman–Crippen LogP) is 29.1. The van der Waals surface area contributed by atoms with Gasteiger partial charge in [0.05, 0.1) is 100 Å². The third kappa shape index (κ3) is 9.68. The summed E-state index contributed by atoms with van der Waals surface area (Å²) in [5.41, 5.74) is 27.0. The van der Waals surface area contributed by atoms with Crippen LogP contribution in [0.1, 0.15) is 0 Å². The summed E-state index contributed by atoms with van der Waals surface area (Å²) in [5, 5.41) is 14.7. The molecule has 0 unspecified atom stereocenters. The van der Waals surface area contributed by atoms with Gasteiger partial charge in [0.25, 0.3) is 0 Å². The minimum Gasteiger partial charge on any atom is -0.453 e. The van der Waals surface area contributed by atoms with Crippen LogP contribution in [-0.2, 0) is 0 Å². The Morgan fingerprint density at radius 2 is 0.407 bits per heavy atom. The summed E-state index contributed by atoms with van der Waals surface area (Å²) < 4.78 is 28.0. The number of benzene rings is 18. The van der Waals surface area contributed by atoms with E-state index < -0.39 is 0 Å². The Balaban J connectivity index is 0.000000131. The van der Waals surface area contributed by atoms with Crippen molar-refractivity contribution in [3.63, 3.8) is 0 Å². The van der Waals surface area contributed by atoms with Crippen molar-refractivity contribution in [1.29, 1.82) is 0 Å². The topological polar surface area (TPSA) is 54.5 Å². The minimum absolute atomic E-state index is 0.813. The monoisotopic (exact) mass is 1510 g/mol. The Morgan fingerprint density at radius 3 is 0.814 bits per heavy atom. The van der Waals surface area contributed by atoms with Crippen LogP contribution < -0.4 is 19.3 Å². The third-order valence-electron chi connectivity index (χ3n) is 24.4. The number of anilines is 6. The zero-order valence-corrected chi connectivity index (χ0v) is 63.7. The quantitative estimate of drug-likeness (QED) is 0.152. The lowest BCUT2D eigenvalue weighted by atomic mass is 10.1. The van der Waals surface area contributed by atoms with Gasteiger partial charge in [-0.2, -0.15) is 0 Å². The molecule has 0 N–H and O–H groups in total. The van der Waals surface area contributed by atoms with Crippen molar-refractivity contribution < 1.29 is 9.47 Å². The number of rotatable bonds is 8. The van der Waals surface area contributed by atoms with E-state index in [-0.39, 0.29) is 0 Å². The molecular formula is C108H68N8O2. The van der Waals surface area contributed by atoms with Crippen molar-refractivity contribution in [3.8, 4) is 57.1 Å². The maximum atomic E-state index is 6.75. The molecule has 24 aromatic rings. The predicted molar refractivity (Wildman–Crippen MR) is 488 cm³/mol. The number of hydrogen-bond acceptors (Lipinski definition) is 4. The van der Waals surface area contributed by atoms with Crippen LogP contribution in [-0.4, -0.2) is 27.4 Å². The van der Waals surface area contributed by atoms with E-state index in [0.29, 0.717) is 0 Å². The van der Waals surface area contributed by atoms with E-state index in [1.807, 2.05) is 18.2 Å². The molecule has 118 heavy (non-hydrogen) atoms. The van der Waals surface area contributed by atoms with Crippen molar-refractivity contribution in [2.45, 2.75) is 0 Å². The molecule has 10 heteroatoms. The van der Waals surface area contributed by atoms with Crippen LogP contribution in [0.3, 0.4) is 0 Å². The lowest BCUT2D eigenvalue weighted by Crippen LogP contribution is -2.15. The molecular weight excluding hydrogens is 1440 g/mol. The first-order valence-electron chi connectivity index (χ1n) is 40.2. The van der Waals surface area contributed by atoms with Gasteiger partial charge in [-0.05, 0) is 182 Å². The van der Waals surface area contributed by atoms with Crippen molar-refractivity contribution in [2.75, 3.05) is 9.80 Å². The van der Waals surface area contributed by atoms with Crippen LogP contribution in [0.15, 0.2) is 413 Å². The van der Waals surface area contributed by atoms with E-state index in [4.69, 9.17) is 9.47 Å². The van der Waals surface area contributed by atoms with Gasteiger partial charge in [0.15, 0.2) is 23.0 Å². The van der Waals surface area contributed by atoms with Gasteiger partial charge in [0, 0.05) is 111 Å². The second kappa shape index (κ2) is 25.7. The highest BCUT2D eigenvalue weighted by Crippen LogP contribution is 2.55. The summed E-state index contributed by atoms with van der Waals surface area (Å²) in [6.45, 7) is 0. The Labute approximate surface area is 676 Å². The minimum atomic E-state index is 0.813. The molecule has 0 bridgehead atoms. The average Bonchev–Trinajstić information content (AvgIpc) is 1.55. The van der Waals surface area contributed by atoms with Crippen molar-refractivity contribution in [1.82, 2.24) is 27.4 Å². The summed E-state index contributed by atoms with van der Waals surface area (Å²) >= 11 is 0. The van der Waals surface area contributed by atoms with Gasteiger partial charge in [0.2, 0.25) is 0 Å². The van der Waals surface area contributed by atoms with Crippen molar-refractivity contribution in [3.05, 3.63) is 413 Å². The molecule has 0 aliphatic carbocycles. The standard InChI is InChI=1S/2C54H34N4O/c1-3-15-35(16-4-1)55-44-22-10-8-20-40(44)43-33-37(27-30-47(43)55)58-45-23-11-7-19-39(45)41-29-32-50-53(54(41)58)42-21-9-12-24-46(42)57(50)38-28-31-49-52(34-38)59-51-26-14-13-25-48(51)56(49)36-17-5-2-6-18-36;1-3-15-35(16-4-1)55-44-22-10-8-20-40(44)43-33-37(27-30-47(43)55)57-46-24-12-9-21-42(46)53-50(57)32-29-41-39-19-7-11-23-45(39)58(54(41)53)38-28-31-49-52(34-38)59-51-26-14-13-25-48(51)56(49)36-17-5-2-6-18-36/h2*1-34H. The van der Waals surface area contributed by atoms with Gasteiger partial charge in [-0.3, -0.25) is 0 Å². The summed E-state index contributed by atoms with van der Waals surface area (Å²) in [6.07, 6.45) is 0. The molecule has 552 valence electrons. The van der Waals surface area contributed by atoms with E-state index in [2.05, 4.69) is 432 Å². The highest BCUT2D eigenvalue weighted by atomic mass is 16.5. The van der Waals surface area contributed by atoms with Crippen LogP contribution in [0, 0.1) is 0 Å². The molecule has 0 spiro atoms. The normalized spacial score (nSPS) is 12.5. The molecule has 6 aromatic heterocycles. The molecule has 0 saturated carbocycles. The average molecular weight is 1510 g/mol. The zero-order chi connectivity index (χ0) is 77.2. The van der Waals surface area contributed by atoms with E-state index in [0.717, 1.165) is 113 Å². The molecule has 8 heterocycles. The largest absolute Gasteiger partial charge is 0.453 e. The Hall–Kier alpha value is -16.0. The maximum absolute atomic E-state index is 6.75. The van der Waals surface area contributed by atoms with E-state index in [9.17, 15) is 0 Å². The van der Waals surface area contributed by atoms with Crippen LogP contribution in [0.2, 0.25) is 0 Å². The first-order valence-corrected chi connectivity index (χ1v) is 40.2. The summed E-state index contributed by atoms with van der Waals surface area (Å²) in [7, 11) is 0. The number of nitrogens with zero attached hydrogens (tertiary/aromatic N) is 8. The number of hydrogen-bond donors (Lipinski definition) is 0. The lowest BCUT2D eigenvalue weighted by molar-refractivity contribution is 0.476. The molecule has 0 amide bonds. The molecule has 2 aliphatic rings. The fourth-order valence-corrected chi connectivity index (χ4v) is 19.5. The van der Waals surface area contributed by atoms with Gasteiger partial charge in [-0.25, -0.2) is 0 Å². The Kier molecular flexibility index (Phi) is 14.3. The molecule has 2 aliphatic heterocycles. The fourth-order valence-electron chi connectivity index (χ4n) is 19.5. The van der Waals surface area contributed by atoms with Gasteiger partial charge in [-0.15, -0.1) is 0 Å². The smallest absolute Gasteiger partial charge is 0.153 e. The van der Waals surface area contributed by atoms with Gasteiger partial charge in [0.1, 0.15) is 0 Å². The number of para-hydroxylation sites is 14. The second-order valence-corrected chi connectivity index (χ2v) is 30.7. The third-order valence-corrected chi connectivity index (χ3v) is 24.4. The van der Waals surface area contributed by atoms with Crippen LogP contribution in [0.4, 0.5) is 34.1 Å². The molecule has 18 aromatic carbocycles. The van der Waals surface area contributed by atoms with Crippen molar-refractivity contribution >= 4 is 165 Å². The molecule has 0 saturated heterocycles. The maximum Gasteiger partial charge on any atom is 0.153 e. The SMILES string of the molecule is c1ccc(N2c3ccccc3Oc3cc(-n4c5ccccc5c5c4ccc4c6ccccc6n(-c6ccc7c(c6)c6ccccc6n7-c6ccccc6)c45)ccc32)cc1.c1ccc(N2c3ccccc3Oc3cc(-n4c5ccccc5c5ccc6c(c7ccccc7n6-c6ccc7c(c6)c6ccccc6n7-c6ccccc6)c54)ccc32)cc1. The van der Waals surface area contributed by atoms with E-state index in [1.54, 1.807) is 0 Å². The Morgan fingerprint density at radius 1 is 0.144 bits per heavy atom. The van der Waals surface area contributed by atoms with Gasteiger partial charge in [-0.1, -0.05) is 218 Å². The van der Waals surface area contributed by atoms with Gasteiger partial charge < -0.3 is 46.7 Å². The fraction of sp³-hybridized carbons (Fsp3) is 0. The first kappa shape index (κ1) is 65.5. The van der Waals surface area contributed by atoms with Crippen LogP contribution in [0.5, 0.6) is 23.0 Å². The van der Waals surface area contributed by atoms with E-state index in [1.165, 1.54) is 109 Å². The van der Waals surface area contributed by atoms with Gasteiger partial charge >= 0.3 is 0 Å². The molecule has 26 rings (SSSR count). The number of fused-ring (bicyclic) bond motifs is 24. The second-order valence-electron chi connectivity index (χ2n) is 30.7. The van der Waals surface area contributed by atoms with Crippen molar-refractivity contribution in [2.24, 2.45) is 0 Å². The zero-order valence-electron chi connectivity index (χ0n) is 63.7. The summed E-state index contributed by atoms with van der Waals surface area (Å²) in [6, 6.07) is 148. The first-order chi connectivity index (χ1) is 58.6. The molecule has 0 radical (unpaired) electrons. The summed E-state index contributed by atoms with van der Waals surface area (Å²) in [5.74, 6) is 3.29. The number of aromatic nitrogens is 6. The molecule has 0 fully saturated rings. The number of ether oxygens (including phenoxy) is 2. The van der Waals surface area contributed by atoms with Crippen LogP contribution >= 0.6 is 0 Å². The van der Waals surface area contributed by atoms with Crippen LogP contribution in [0.25, 0.3) is 165 Å². The van der Waals surface area contributed by atoms with E-state index >= 15 is 0 Å².